The second-order valence-corrected chi connectivity index (χ2v) is 18.9. The Morgan fingerprint density at radius 2 is 0.593 bits per heavy atom. The normalized spacial score (nSPS) is 12.4. The standard InChI is InChI=1S/C43H66O10Si/c1-42(2,3)54(4,5)53-38-36-51-34-32-49-30-28-47-26-24-45-22-21-44-23-25-46-27-29-48-31-33-50-35-37-52-43(39-15-9-6-10-16-39,40-17-11-7-12-18-40)41-19-13-8-14-20-41/h6-20H,21-38H2,1-5H3. The molecule has 0 radical (unpaired) electrons. The number of ether oxygens (including phenoxy) is 9. The van der Waals surface area contributed by atoms with E-state index < -0.39 is 13.9 Å². The highest BCUT2D eigenvalue weighted by atomic mass is 28.4. The number of hydrogen-bond donors (Lipinski definition) is 0. The summed E-state index contributed by atoms with van der Waals surface area (Å²) in [6.45, 7) is 20.5. The largest absolute Gasteiger partial charge is 0.414 e. The third-order valence-electron chi connectivity index (χ3n) is 9.19. The van der Waals surface area contributed by atoms with Crippen molar-refractivity contribution in [2.75, 3.05) is 119 Å². The van der Waals surface area contributed by atoms with Crippen molar-refractivity contribution >= 4 is 8.32 Å². The Hall–Kier alpha value is -2.52. The summed E-state index contributed by atoms with van der Waals surface area (Å²) >= 11 is 0. The molecule has 0 spiro atoms. The van der Waals surface area contributed by atoms with Gasteiger partial charge in [-0.15, -0.1) is 0 Å². The molecule has 54 heavy (non-hydrogen) atoms. The maximum Gasteiger partial charge on any atom is 0.192 e. The third-order valence-corrected chi connectivity index (χ3v) is 13.7. The van der Waals surface area contributed by atoms with Gasteiger partial charge >= 0.3 is 0 Å². The van der Waals surface area contributed by atoms with E-state index in [2.05, 4.69) is 70.3 Å². The van der Waals surface area contributed by atoms with E-state index in [4.69, 9.17) is 47.1 Å². The minimum atomic E-state index is -1.71. The van der Waals surface area contributed by atoms with Crippen LogP contribution in [0.3, 0.4) is 0 Å². The fourth-order valence-electron chi connectivity index (χ4n) is 5.24. The molecule has 0 heterocycles. The van der Waals surface area contributed by atoms with Crippen LogP contribution in [0.25, 0.3) is 0 Å². The van der Waals surface area contributed by atoms with Crippen molar-refractivity contribution in [3.05, 3.63) is 108 Å². The van der Waals surface area contributed by atoms with Crippen molar-refractivity contribution in [2.24, 2.45) is 0 Å². The van der Waals surface area contributed by atoms with Crippen LogP contribution in [0.15, 0.2) is 91.0 Å². The second-order valence-electron chi connectivity index (χ2n) is 14.1. The van der Waals surface area contributed by atoms with Gasteiger partial charge in [0.1, 0.15) is 5.60 Å². The van der Waals surface area contributed by atoms with Crippen LogP contribution in [-0.2, 0) is 52.7 Å². The minimum Gasteiger partial charge on any atom is -0.414 e. The van der Waals surface area contributed by atoms with Crippen molar-refractivity contribution in [3.8, 4) is 0 Å². The highest BCUT2D eigenvalue weighted by molar-refractivity contribution is 6.74. The lowest BCUT2D eigenvalue weighted by atomic mass is 9.80. The minimum absolute atomic E-state index is 0.214. The van der Waals surface area contributed by atoms with Gasteiger partial charge in [-0.25, -0.2) is 0 Å². The first-order valence-electron chi connectivity index (χ1n) is 19.3. The van der Waals surface area contributed by atoms with Gasteiger partial charge < -0.3 is 47.1 Å². The predicted octanol–water partition coefficient (Wildman–Crippen LogP) is 7.15. The number of hydrogen-bond acceptors (Lipinski definition) is 10. The number of rotatable bonds is 32. The summed E-state index contributed by atoms with van der Waals surface area (Å²) in [5.41, 5.74) is 2.46. The second kappa shape index (κ2) is 27.1. The monoisotopic (exact) mass is 770 g/mol. The molecule has 0 aliphatic rings. The van der Waals surface area contributed by atoms with Gasteiger partial charge in [-0.2, -0.15) is 0 Å². The first-order valence-corrected chi connectivity index (χ1v) is 22.2. The smallest absolute Gasteiger partial charge is 0.192 e. The van der Waals surface area contributed by atoms with Crippen LogP contribution < -0.4 is 0 Å². The van der Waals surface area contributed by atoms with Crippen LogP contribution >= 0.6 is 0 Å². The van der Waals surface area contributed by atoms with Crippen LogP contribution in [-0.4, -0.2) is 127 Å². The zero-order chi connectivity index (χ0) is 38.6. The fourth-order valence-corrected chi connectivity index (χ4v) is 6.26. The third kappa shape index (κ3) is 17.5. The van der Waals surface area contributed by atoms with Crippen LogP contribution in [0.1, 0.15) is 37.5 Å². The fraction of sp³-hybridized carbons (Fsp3) is 0.581. The molecule has 10 nitrogen and oxygen atoms in total. The van der Waals surface area contributed by atoms with Gasteiger partial charge in [0.15, 0.2) is 8.32 Å². The van der Waals surface area contributed by atoms with E-state index in [1.54, 1.807) is 0 Å². The summed E-state index contributed by atoms with van der Waals surface area (Å²) in [5, 5.41) is 0.214. The Labute approximate surface area is 325 Å². The van der Waals surface area contributed by atoms with Gasteiger partial charge in [-0.3, -0.25) is 0 Å². The lowest BCUT2D eigenvalue weighted by Crippen LogP contribution is -2.41. The van der Waals surface area contributed by atoms with Crippen molar-refractivity contribution < 1.29 is 47.1 Å². The molecular weight excluding hydrogens is 705 g/mol. The summed E-state index contributed by atoms with van der Waals surface area (Å²) in [7, 11) is -1.71. The zero-order valence-electron chi connectivity index (χ0n) is 33.5. The Morgan fingerprint density at radius 3 is 0.852 bits per heavy atom. The SMILES string of the molecule is CC(C)(C)[Si](C)(C)OCCOCCOCCOCCOCCOCCOCCOCCOCCOC(c1ccccc1)(c1ccccc1)c1ccccc1. The van der Waals surface area contributed by atoms with Crippen LogP contribution in [0, 0.1) is 0 Å². The molecule has 0 fully saturated rings. The van der Waals surface area contributed by atoms with Crippen LogP contribution in [0.5, 0.6) is 0 Å². The Morgan fingerprint density at radius 1 is 0.352 bits per heavy atom. The maximum absolute atomic E-state index is 6.73. The van der Waals surface area contributed by atoms with Crippen molar-refractivity contribution in [1.29, 1.82) is 0 Å². The molecule has 0 saturated heterocycles. The average molecular weight is 771 g/mol. The molecule has 0 aromatic heterocycles. The molecule has 3 aromatic rings. The lowest BCUT2D eigenvalue weighted by Gasteiger charge is -2.36. The maximum atomic E-state index is 6.73. The van der Waals surface area contributed by atoms with Crippen molar-refractivity contribution in [2.45, 2.75) is 44.5 Å². The molecule has 3 rings (SSSR count). The highest BCUT2D eigenvalue weighted by Crippen LogP contribution is 2.40. The van der Waals surface area contributed by atoms with E-state index in [-0.39, 0.29) is 5.04 Å². The van der Waals surface area contributed by atoms with Crippen molar-refractivity contribution in [1.82, 2.24) is 0 Å². The molecule has 0 bridgehead atoms. The summed E-state index contributed by atoms with van der Waals surface area (Å²) in [6.07, 6.45) is 0. The van der Waals surface area contributed by atoms with E-state index in [1.807, 2.05) is 54.6 Å². The van der Waals surface area contributed by atoms with Gasteiger partial charge in [0.2, 0.25) is 0 Å². The quantitative estimate of drug-likeness (QED) is 0.0371. The van der Waals surface area contributed by atoms with Crippen molar-refractivity contribution in [3.63, 3.8) is 0 Å². The van der Waals surface area contributed by atoms with Crippen LogP contribution in [0.4, 0.5) is 0 Å². The molecule has 0 amide bonds. The van der Waals surface area contributed by atoms with Gasteiger partial charge in [0.05, 0.1) is 119 Å². The molecule has 0 N–H and O–H groups in total. The molecule has 3 aromatic carbocycles. The van der Waals surface area contributed by atoms with Gasteiger partial charge in [0.25, 0.3) is 0 Å². The van der Waals surface area contributed by atoms with Crippen LogP contribution in [0.2, 0.25) is 18.1 Å². The lowest BCUT2D eigenvalue weighted by molar-refractivity contribution is -0.0398. The average Bonchev–Trinajstić information content (AvgIpc) is 3.18. The topological polar surface area (TPSA) is 92.3 Å². The summed E-state index contributed by atoms with van der Waals surface area (Å²) in [6, 6.07) is 31.0. The number of benzene rings is 3. The van der Waals surface area contributed by atoms with E-state index in [9.17, 15) is 0 Å². The van der Waals surface area contributed by atoms with E-state index >= 15 is 0 Å². The summed E-state index contributed by atoms with van der Waals surface area (Å²) in [4.78, 5) is 0. The molecule has 11 heteroatoms. The summed E-state index contributed by atoms with van der Waals surface area (Å²) in [5.74, 6) is 0. The van der Waals surface area contributed by atoms with E-state index in [0.717, 1.165) is 16.7 Å². The molecular formula is C43H66O10Si. The first-order chi connectivity index (χ1) is 26.3. The molecule has 0 unspecified atom stereocenters. The summed E-state index contributed by atoms with van der Waals surface area (Å²) < 4.78 is 57.7. The van der Waals surface area contributed by atoms with Gasteiger partial charge in [-0.05, 0) is 34.8 Å². The molecule has 0 saturated carbocycles. The molecule has 0 aliphatic carbocycles. The zero-order valence-corrected chi connectivity index (χ0v) is 34.5. The Bertz CT molecular complexity index is 1210. The van der Waals surface area contributed by atoms with E-state index in [1.165, 1.54) is 0 Å². The van der Waals surface area contributed by atoms with E-state index in [0.29, 0.717) is 119 Å². The molecule has 302 valence electrons. The Balaban J connectivity index is 1.09. The van der Waals surface area contributed by atoms with Gasteiger partial charge in [-0.1, -0.05) is 112 Å². The van der Waals surface area contributed by atoms with Gasteiger partial charge in [0, 0.05) is 0 Å². The molecule has 0 atom stereocenters. The Kier molecular flexibility index (Phi) is 23.0. The first kappa shape index (κ1) is 45.9. The predicted molar refractivity (Wildman–Crippen MR) is 215 cm³/mol. The highest BCUT2D eigenvalue weighted by Gasteiger charge is 2.38. The molecule has 0 aliphatic heterocycles.